The lowest BCUT2D eigenvalue weighted by Gasteiger charge is -2.30. The smallest absolute Gasteiger partial charge is 0.335 e. The number of rotatable bonds is 8. The van der Waals surface area contributed by atoms with E-state index < -0.39 is 17.7 Å². The number of carbonyl (C=O) groups is 2. The molecule has 0 aromatic heterocycles. The summed E-state index contributed by atoms with van der Waals surface area (Å²) in [5.41, 5.74) is 1.58. The van der Waals surface area contributed by atoms with Crippen molar-refractivity contribution in [3.8, 4) is 0 Å². The molecule has 0 aliphatic rings. The third-order valence-electron chi connectivity index (χ3n) is 4.11. The first-order valence-electron chi connectivity index (χ1n) is 9.36. The quantitative estimate of drug-likeness (QED) is 0.677. The normalized spacial score (nSPS) is 11.0. The second kappa shape index (κ2) is 9.35. The minimum atomic E-state index is -1.07. The molecule has 0 saturated carbocycles. The van der Waals surface area contributed by atoms with Gasteiger partial charge in [-0.15, -0.1) is 0 Å². The number of carboxylic acids is 1. The summed E-state index contributed by atoms with van der Waals surface area (Å²) in [5.74, 6) is -1.14. The van der Waals surface area contributed by atoms with Crippen molar-refractivity contribution < 1.29 is 19.1 Å². The van der Waals surface area contributed by atoms with Crippen LogP contribution in [0.5, 0.6) is 0 Å². The van der Waals surface area contributed by atoms with Gasteiger partial charge in [0.15, 0.2) is 0 Å². The molecular formula is C22H27FN2O3. The van der Waals surface area contributed by atoms with Crippen molar-refractivity contribution in [2.45, 2.75) is 27.7 Å². The zero-order chi connectivity index (χ0) is 20.8. The van der Waals surface area contributed by atoms with Gasteiger partial charge in [0, 0.05) is 18.7 Å². The molecule has 0 saturated heterocycles. The van der Waals surface area contributed by atoms with Gasteiger partial charge in [-0.05, 0) is 54.3 Å². The maximum atomic E-state index is 13.1. The van der Waals surface area contributed by atoms with Crippen molar-refractivity contribution in [2.75, 3.05) is 23.3 Å². The Kier molecular flexibility index (Phi) is 7.15. The van der Waals surface area contributed by atoms with Crippen molar-refractivity contribution in [1.82, 2.24) is 0 Å². The fourth-order valence-corrected chi connectivity index (χ4v) is 2.99. The number of nitrogens with zero attached hydrogens (tertiary/aromatic N) is 1. The van der Waals surface area contributed by atoms with Crippen molar-refractivity contribution in [2.24, 2.45) is 11.8 Å². The van der Waals surface area contributed by atoms with Crippen LogP contribution in [0.3, 0.4) is 0 Å². The summed E-state index contributed by atoms with van der Waals surface area (Å²) in [7, 11) is 0. The summed E-state index contributed by atoms with van der Waals surface area (Å²) in [6.45, 7) is 9.96. The highest BCUT2D eigenvalue weighted by molar-refractivity contribution is 6.06. The van der Waals surface area contributed by atoms with Gasteiger partial charge in [-0.3, -0.25) is 4.79 Å². The monoisotopic (exact) mass is 386 g/mol. The number of halogens is 1. The molecule has 0 heterocycles. The number of carboxylic acid groups (broad SMARTS) is 1. The van der Waals surface area contributed by atoms with Gasteiger partial charge in [0.1, 0.15) is 5.82 Å². The van der Waals surface area contributed by atoms with E-state index in [-0.39, 0.29) is 5.56 Å². The second-order valence-electron chi connectivity index (χ2n) is 7.69. The van der Waals surface area contributed by atoms with Crippen molar-refractivity contribution in [3.63, 3.8) is 0 Å². The molecule has 5 nitrogen and oxygen atoms in total. The second-order valence-corrected chi connectivity index (χ2v) is 7.69. The van der Waals surface area contributed by atoms with Crippen LogP contribution in [-0.2, 0) is 0 Å². The molecule has 2 rings (SSSR count). The zero-order valence-electron chi connectivity index (χ0n) is 16.7. The molecule has 0 atom stereocenters. The maximum absolute atomic E-state index is 13.1. The number of hydrogen-bond donors (Lipinski definition) is 2. The molecule has 6 heteroatoms. The fraction of sp³-hybridized carbons (Fsp3) is 0.364. The lowest BCUT2D eigenvalue weighted by atomic mass is 10.1. The lowest BCUT2D eigenvalue weighted by molar-refractivity contribution is 0.0696. The molecule has 1 amide bonds. The summed E-state index contributed by atoms with van der Waals surface area (Å²) in [4.78, 5) is 26.2. The van der Waals surface area contributed by atoms with Crippen molar-refractivity contribution in [1.29, 1.82) is 0 Å². The number of aromatic carboxylic acids is 1. The van der Waals surface area contributed by atoms with Crippen LogP contribution in [0.2, 0.25) is 0 Å². The average Bonchev–Trinajstić information content (AvgIpc) is 2.60. The predicted octanol–water partition coefficient (Wildman–Crippen LogP) is 4.89. The Labute approximate surface area is 165 Å². The highest BCUT2D eigenvalue weighted by Crippen LogP contribution is 2.29. The predicted molar refractivity (Wildman–Crippen MR) is 110 cm³/mol. The Bertz CT molecular complexity index is 822. The van der Waals surface area contributed by atoms with E-state index in [1.165, 1.54) is 30.3 Å². The summed E-state index contributed by atoms with van der Waals surface area (Å²) in [6, 6.07) is 9.96. The molecule has 2 aromatic carbocycles. The molecule has 0 bridgehead atoms. The standard InChI is InChI=1S/C22H27FN2O3/c1-14(2)12-25(13-15(3)4)20-10-7-17(22(27)28)11-19(20)24-21(26)16-5-8-18(23)9-6-16/h5-11,14-15H,12-13H2,1-4H3,(H,24,26)(H,27,28). The van der Waals surface area contributed by atoms with Crippen LogP contribution in [0.25, 0.3) is 0 Å². The molecule has 2 N–H and O–H groups in total. The molecule has 150 valence electrons. The highest BCUT2D eigenvalue weighted by Gasteiger charge is 2.18. The summed E-state index contributed by atoms with van der Waals surface area (Å²) >= 11 is 0. The largest absolute Gasteiger partial charge is 0.478 e. The Morgan fingerprint density at radius 1 is 0.964 bits per heavy atom. The molecule has 0 fully saturated rings. The number of hydrogen-bond acceptors (Lipinski definition) is 3. The molecule has 2 aromatic rings. The fourth-order valence-electron chi connectivity index (χ4n) is 2.99. The van der Waals surface area contributed by atoms with Crippen LogP contribution in [0.1, 0.15) is 48.4 Å². The van der Waals surface area contributed by atoms with Gasteiger partial charge in [0.05, 0.1) is 16.9 Å². The maximum Gasteiger partial charge on any atom is 0.335 e. The van der Waals surface area contributed by atoms with Gasteiger partial charge in [-0.1, -0.05) is 27.7 Å². The number of benzene rings is 2. The molecular weight excluding hydrogens is 359 g/mol. The van der Waals surface area contributed by atoms with Crippen LogP contribution < -0.4 is 10.2 Å². The van der Waals surface area contributed by atoms with Gasteiger partial charge in [-0.25, -0.2) is 9.18 Å². The highest BCUT2D eigenvalue weighted by atomic mass is 19.1. The third-order valence-corrected chi connectivity index (χ3v) is 4.11. The first-order chi connectivity index (χ1) is 13.2. The van der Waals surface area contributed by atoms with Crippen LogP contribution in [-0.4, -0.2) is 30.1 Å². The molecule has 0 unspecified atom stereocenters. The van der Waals surface area contributed by atoms with E-state index in [4.69, 9.17) is 0 Å². The summed E-state index contributed by atoms with van der Waals surface area (Å²) in [5, 5.41) is 12.1. The lowest BCUT2D eigenvalue weighted by Crippen LogP contribution is -2.32. The Balaban J connectivity index is 2.43. The molecule has 0 spiro atoms. The van der Waals surface area contributed by atoms with Crippen LogP contribution in [0.15, 0.2) is 42.5 Å². The van der Waals surface area contributed by atoms with E-state index in [0.717, 1.165) is 18.8 Å². The first kappa shape index (κ1) is 21.4. The van der Waals surface area contributed by atoms with Gasteiger partial charge in [0.2, 0.25) is 0 Å². The zero-order valence-corrected chi connectivity index (χ0v) is 16.7. The van der Waals surface area contributed by atoms with E-state index in [0.29, 0.717) is 23.1 Å². The van der Waals surface area contributed by atoms with Crippen molar-refractivity contribution >= 4 is 23.3 Å². The third kappa shape index (κ3) is 5.81. The minimum Gasteiger partial charge on any atom is -0.478 e. The number of amides is 1. The summed E-state index contributed by atoms with van der Waals surface area (Å²) in [6.07, 6.45) is 0. The van der Waals surface area contributed by atoms with Crippen molar-refractivity contribution in [3.05, 3.63) is 59.4 Å². The van der Waals surface area contributed by atoms with E-state index in [9.17, 15) is 19.1 Å². The van der Waals surface area contributed by atoms with Crippen LogP contribution in [0, 0.1) is 17.7 Å². The van der Waals surface area contributed by atoms with E-state index in [1.54, 1.807) is 12.1 Å². The van der Waals surface area contributed by atoms with Gasteiger partial charge < -0.3 is 15.3 Å². The molecule has 28 heavy (non-hydrogen) atoms. The summed E-state index contributed by atoms with van der Waals surface area (Å²) < 4.78 is 13.1. The van der Waals surface area contributed by atoms with E-state index in [2.05, 4.69) is 37.9 Å². The van der Waals surface area contributed by atoms with Gasteiger partial charge in [-0.2, -0.15) is 0 Å². The average molecular weight is 386 g/mol. The number of anilines is 2. The Morgan fingerprint density at radius 2 is 1.50 bits per heavy atom. The van der Waals surface area contributed by atoms with Crippen LogP contribution in [0.4, 0.5) is 15.8 Å². The van der Waals surface area contributed by atoms with E-state index >= 15 is 0 Å². The Hall–Kier alpha value is -2.89. The Morgan fingerprint density at radius 3 is 2.00 bits per heavy atom. The number of nitrogens with one attached hydrogen (secondary N) is 1. The van der Waals surface area contributed by atoms with Crippen LogP contribution >= 0.6 is 0 Å². The van der Waals surface area contributed by atoms with Gasteiger partial charge >= 0.3 is 5.97 Å². The van der Waals surface area contributed by atoms with E-state index in [1.807, 2.05) is 0 Å². The molecule has 0 radical (unpaired) electrons. The minimum absolute atomic E-state index is 0.0900. The molecule has 0 aliphatic carbocycles. The topological polar surface area (TPSA) is 69.6 Å². The number of carbonyl (C=O) groups excluding carboxylic acids is 1. The molecule has 0 aliphatic heterocycles. The van der Waals surface area contributed by atoms with Gasteiger partial charge in [0.25, 0.3) is 5.91 Å². The first-order valence-corrected chi connectivity index (χ1v) is 9.36. The SMILES string of the molecule is CC(C)CN(CC(C)C)c1ccc(C(=O)O)cc1NC(=O)c1ccc(F)cc1.